The molecule has 0 aliphatic rings. The fraction of sp³-hybridized carbons (Fsp3) is 0.417. The van der Waals surface area contributed by atoms with E-state index in [4.69, 9.17) is 0 Å². The van der Waals surface area contributed by atoms with Gasteiger partial charge in [0.25, 0.3) is 0 Å². The van der Waals surface area contributed by atoms with Gasteiger partial charge in [-0.3, -0.25) is 9.59 Å². The summed E-state index contributed by atoms with van der Waals surface area (Å²) in [7, 11) is 0. The van der Waals surface area contributed by atoms with Crippen molar-refractivity contribution in [1.82, 2.24) is 0 Å². The number of carboxylic acid groups (broad SMARTS) is 2. The van der Waals surface area contributed by atoms with Crippen LogP contribution < -0.4 is 0 Å². The van der Waals surface area contributed by atoms with Crippen molar-refractivity contribution < 1.29 is 19.8 Å². The van der Waals surface area contributed by atoms with Gasteiger partial charge >= 0.3 is 11.9 Å². The second-order valence-electron chi connectivity index (χ2n) is 7.60. The highest BCUT2D eigenvalue weighted by molar-refractivity contribution is 5.74. The van der Waals surface area contributed by atoms with E-state index in [0.29, 0.717) is 19.3 Å². The molecular formula is C24H30O4. The maximum absolute atomic E-state index is 11.7. The molecule has 2 rings (SSSR count). The van der Waals surface area contributed by atoms with Crippen molar-refractivity contribution in [2.24, 2.45) is 11.8 Å². The highest BCUT2D eigenvalue weighted by Gasteiger charge is 2.27. The summed E-state index contributed by atoms with van der Waals surface area (Å²) >= 11 is 0. The van der Waals surface area contributed by atoms with Crippen LogP contribution in [-0.4, -0.2) is 22.2 Å². The summed E-state index contributed by atoms with van der Waals surface area (Å²) in [4.78, 5) is 23.5. The Kier molecular flexibility index (Phi) is 8.24. The van der Waals surface area contributed by atoms with E-state index in [1.165, 1.54) is 5.56 Å². The van der Waals surface area contributed by atoms with Crippen LogP contribution in [-0.2, 0) is 28.9 Å². The maximum atomic E-state index is 11.7. The molecule has 0 aromatic heterocycles. The zero-order valence-corrected chi connectivity index (χ0v) is 16.7. The first-order chi connectivity index (χ1) is 13.4. The molecule has 0 saturated heterocycles. The van der Waals surface area contributed by atoms with Crippen molar-refractivity contribution in [3.63, 3.8) is 0 Å². The van der Waals surface area contributed by atoms with Gasteiger partial charge in [-0.05, 0) is 55.7 Å². The Morgan fingerprint density at radius 3 is 2.00 bits per heavy atom. The number of benzene rings is 2. The van der Waals surface area contributed by atoms with Crippen LogP contribution in [0.3, 0.4) is 0 Å². The number of hydrogen-bond acceptors (Lipinski definition) is 2. The normalized spacial score (nSPS) is 13.1. The minimum Gasteiger partial charge on any atom is -0.481 e. The first-order valence-corrected chi connectivity index (χ1v) is 9.98. The molecule has 0 heterocycles. The van der Waals surface area contributed by atoms with Crippen molar-refractivity contribution in [3.05, 3.63) is 70.8 Å². The highest BCUT2D eigenvalue weighted by Crippen LogP contribution is 2.23. The van der Waals surface area contributed by atoms with Gasteiger partial charge in [-0.25, -0.2) is 0 Å². The lowest BCUT2D eigenvalue weighted by Crippen LogP contribution is -2.25. The fourth-order valence-corrected chi connectivity index (χ4v) is 3.58. The predicted octanol–water partition coefficient (Wildman–Crippen LogP) is 4.91. The molecule has 2 atom stereocenters. The van der Waals surface area contributed by atoms with E-state index in [1.807, 2.05) is 43.3 Å². The van der Waals surface area contributed by atoms with E-state index in [0.717, 1.165) is 29.5 Å². The van der Waals surface area contributed by atoms with E-state index >= 15 is 0 Å². The zero-order chi connectivity index (χ0) is 20.5. The van der Waals surface area contributed by atoms with E-state index in [1.54, 1.807) is 0 Å². The van der Waals surface area contributed by atoms with E-state index in [9.17, 15) is 19.8 Å². The second kappa shape index (κ2) is 10.6. The highest BCUT2D eigenvalue weighted by atomic mass is 16.4. The average molecular weight is 383 g/mol. The molecule has 0 aliphatic heterocycles. The Balaban J connectivity index is 2.00. The number of aryl methyl sites for hydroxylation is 3. The van der Waals surface area contributed by atoms with E-state index in [-0.39, 0.29) is 6.42 Å². The molecule has 0 bridgehead atoms. The molecule has 4 nitrogen and oxygen atoms in total. The van der Waals surface area contributed by atoms with Crippen molar-refractivity contribution in [3.8, 4) is 0 Å². The Morgan fingerprint density at radius 2 is 1.46 bits per heavy atom. The number of rotatable bonds is 11. The molecule has 0 fully saturated rings. The topological polar surface area (TPSA) is 74.6 Å². The minimum atomic E-state index is -0.934. The smallest absolute Gasteiger partial charge is 0.306 e. The summed E-state index contributed by atoms with van der Waals surface area (Å²) in [6, 6.07) is 16.0. The van der Waals surface area contributed by atoms with Crippen molar-refractivity contribution in [2.75, 3.05) is 0 Å². The molecule has 2 aromatic rings. The van der Waals surface area contributed by atoms with Gasteiger partial charge in [-0.2, -0.15) is 0 Å². The van der Waals surface area contributed by atoms with Crippen LogP contribution in [0.25, 0.3) is 0 Å². The van der Waals surface area contributed by atoms with Gasteiger partial charge in [0.05, 0.1) is 11.8 Å². The van der Waals surface area contributed by atoms with Gasteiger partial charge < -0.3 is 10.2 Å². The fourth-order valence-electron chi connectivity index (χ4n) is 3.58. The lowest BCUT2D eigenvalue weighted by atomic mass is 9.86. The van der Waals surface area contributed by atoms with Crippen LogP contribution >= 0.6 is 0 Å². The van der Waals surface area contributed by atoms with Crippen LogP contribution in [0.2, 0.25) is 0 Å². The molecule has 1 unspecified atom stereocenters. The van der Waals surface area contributed by atoms with Crippen LogP contribution in [0.4, 0.5) is 0 Å². The molecule has 0 aliphatic carbocycles. The molecule has 0 saturated carbocycles. The molecule has 2 N–H and O–H groups in total. The number of carboxylic acids is 2. The first kappa shape index (κ1) is 21.7. The number of aliphatic carboxylic acids is 2. The molecule has 0 spiro atoms. The SMILES string of the molecule is CCCc1ccc(CC[C@H](CC(Cc2cccc(C)c2)C(=O)O)C(=O)O)cc1. The monoisotopic (exact) mass is 382 g/mol. The molecule has 150 valence electrons. The lowest BCUT2D eigenvalue weighted by Gasteiger charge is -2.18. The zero-order valence-electron chi connectivity index (χ0n) is 16.7. The largest absolute Gasteiger partial charge is 0.481 e. The summed E-state index contributed by atoms with van der Waals surface area (Å²) in [6.45, 7) is 4.10. The third-order valence-corrected chi connectivity index (χ3v) is 5.18. The van der Waals surface area contributed by atoms with Crippen LogP contribution in [0, 0.1) is 18.8 Å². The molecule has 28 heavy (non-hydrogen) atoms. The minimum absolute atomic E-state index is 0.145. The quantitative estimate of drug-likeness (QED) is 0.579. The Bertz CT molecular complexity index is 779. The van der Waals surface area contributed by atoms with Crippen LogP contribution in [0.15, 0.2) is 48.5 Å². The van der Waals surface area contributed by atoms with Gasteiger partial charge in [-0.15, -0.1) is 0 Å². The predicted molar refractivity (Wildman–Crippen MR) is 111 cm³/mol. The van der Waals surface area contributed by atoms with Crippen LogP contribution in [0.5, 0.6) is 0 Å². The van der Waals surface area contributed by atoms with Crippen molar-refractivity contribution >= 4 is 11.9 Å². The van der Waals surface area contributed by atoms with Gasteiger partial charge in [0.1, 0.15) is 0 Å². The molecule has 2 aromatic carbocycles. The summed E-state index contributed by atoms with van der Waals surface area (Å²) in [5.74, 6) is -3.22. The first-order valence-electron chi connectivity index (χ1n) is 9.98. The maximum Gasteiger partial charge on any atom is 0.306 e. The van der Waals surface area contributed by atoms with Gasteiger partial charge in [-0.1, -0.05) is 67.4 Å². The third kappa shape index (κ3) is 6.84. The molecule has 0 amide bonds. The van der Waals surface area contributed by atoms with E-state index in [2.05, 4.69) is 19.1 Å². The number of hydrogen-bond donors (Lipinski definition) is 2. The summed E-state index contributed by atoms with van der Waals surface area (Å²) in [5, 5.41) is 19.2. The van der Waals surface area contributed by atoms with Crippen molar-refractivity contribution in [2.45, 2.75) is 52.4 Å². The Morgan fingerprint density at radius 1 is 0.857 bits per heavy atom. The summed E-state index contributed by atoms with van der Waals surface area (Å²) in [6.07, 6.45) is 3.72. The summed E-state index contributed by atoms with van der Waals surface area (Å²) < 4.78 is 0. The summed E-state index contributed by atoms with van der Waals surface area (Å²) in [5.41, 5.74) is 4.38. The van der Waals surface area contributed by atoms with Crippen LogP contribution in [0.1, 0.15) is 48.4 Å². The average Bonchev–Trinajstić information content (AvgIpc) is 2.65. The van der Waals surface area contributed by atoms with Crippen molar-refractivity contribution in [1.29, 1.82) is 0 Å². The van der Waals surface area contributed by atoms with E-state index < -0.39 is 23.8 Å². The van der Waals surface area contributed by atoms with Gasteiger partial charge in [0.2, 0.25) is 0 Å². The third-order valence-electron chi connectivity index (χ3n) is 5.18. The standard InChI is InChI=1S/C24H30O4/c1-3-5-18-8-10-19(11-9-18)12-13-21(23(25)26)16-22(24(27)28)15-20-7-4-6-17(2)14-20/h4,6-11,14,21-22H,3,5,12-13,15-16H2,1-2H3,(H,25,26)(H,27,28)/t21-,22?/m1/s1. The molecule has 4 heteroatoms. The van der Waals surface area contributed by atoms with Gasteiger partial charge in [0, 0.05) is 0 Å². The molecule has 0 radical (unpaired) electrons. The van der Waals surface area contributed by atoms with Gasteiger partial charge in [0.15, 0.2) is 0 Å². The lowest BCUT2D eigenvalue weighted by molar-refractivity contribution is -0.145. The second-order valence-corrected chi connectivity index (χ2v) is 7.60. The number of carbonyl (C=O) groups is 2. The Hall–Kier alpha value is -2.62. The Labute approximate surface area is 167 Å². The molecular weight excluding hydrogens is 352 g/mol.